The molecule has 150 valence electrons. The topological polar surface area (TPSA) is 77.0 Å². The highest BCUT2D eigenvalue weighted by atomic mass is 35.5. The summed E-state index contributed by atoms with van der Waals surface area (Å²) in [7, 11) is 0. The molecule has 0 aliphatic heterocycles. The standard InChI is InChI=1S/C22H23ClN4O2/c1-15-7-6-8-18-20(15)28-22(25-18)24-14-5-3-2-4-9-19-26-21(27-29-19)16-10-12-17(23)13-11-16/h6-8,10-13H,2-5,9,14H2,1H3,(H,24,25). The van der Waals surface area contributed by atoms with Gasteiger partial charge in [0.1, 0.15) is 5.52 Å². The fraction of sp³-hybridized carbons (Fsp3) is 0.318. The number of fused-ring (bicyclic) bond motifs is 1. The van der Waals surface area contributed by atoms with E-state index in [0.29, 0.717) is 22.8 Å². The van der Waals surface area contributed by atoms with E-state index in [-0.39, 0.29) is 0 Å². The van der Waals surface area contributed by atoms with Gasteiger partial charge in [-0.25, -0.2) is 0 Å². The molecule has 4 aromatic rings. The molecule has 4 rings (SSSR count). The van der Waals surface area contributed by atoms with E-state index in [2.05, 4.69) is 20.4 Å². The molecular weight excluding hydrogens is 388 g/mol. The number of hydrogen-bond acceptors (Lipinski definition) is 6. The van der Waals surface area contributed by atoms with Crippen LogP contribution in [-0.2, 0) is 6.42 Å². The molecule has 0 spiro atoms. The summed E-state index contributed by atoms with van der Waals surface area (Å²) < 4.78 is 11.1. The molecule has 0 saturated heterocycles. The second kappa shape index (κ2) is 9.09. The second-order valence-corrected chi connectivity index (χ2v) is 7.49. The lowest BCUT2D eigenvalue weighted by Crippen LogP contribution is -2.01. The van der Waals surface area contributed by atoms with Gasteiger partial charge in [-0.15, -0.1) is 0 Å². The predicted molar refractivity (Wildman–Crippen MR) is 114 cm³/mol. The molecule has 0 amide bonds. The number of hydrogen-bond donors (Lipinski definition) is 1. The van der Waals surface area contributed by atoms with Gasteiger partial charge in [0.15, 0.2) is 5.58 Å². The maximum atomic E-state index is 5.91. The minimum absolute atomic E-state index is 0.592. The summed E-state index contributed by atoms with van der Waals surface area (Å²) in [5, 5.41) is 8.01. The van der Waals surface area contributed by atoms with Crippen LogP contribution >= 0.6 is 11.6 Å². The van der Waals surface area contributed by atoms with Gasteiger partial charge in [0.25, 0.3) is 6.01 Å². The smallest absolute Gasteiger partial charge is 0.295 e. The molecule has 7 heteroatoms. The summed E-state index contributed by atoms with van der Waals surface area (Å²) in [6, 6.07) is 14.0. The van der Waals surface area contributed by atoms with Gasteiger partial charge in [0, 0.05) is 23.6 Å². The summed E-state index contributed by atoms with van der Waals surface area (Å²) in [5.41, 5.74) is 3.76. The third-order valence-corrected chi connectivity index (χ3v) is 5.03. The molecule has 0 atom stereocenters. The second-order valence-electron chi connectivity index (χ2n) is 7.05. The average Bonchev–Trinajstić information content (AvgIpc) is 3.35. The molecule has 0 radical (unpaired) electrons. The molecular formula is C22H23ClN4O2. The number of rotatable bonds is 9. The normalized spacial score (nSPS) is 11.2. The number of para-hydroxylation sites is 1. The third-order valence-electron chi connectivity index (χ3n) is 4.78. The van der Waals surface area contributed by atoms with Crippen molar-refractivity contribution in [2.75, 3.05) is 11.9 Å². The Morgan fingerprint density at radius 1 is 0.966 bits per heavy atom. The Morgan fingerprint density at radius 3 is 2.62 bits per heavy atom. The lowest BCUT2D eigenvalue weighted by atomic mass is 10.1. The molecule has 0 bridgehead atoms. The SMILES string of the molecule is Cc1cccc2nc(NCCCCCCc3nc(-c4ccc(Cl)cc4)no3)oc12. The van der Waals surface area contributed by atoms with Crippen LogP contribution in [0.25, 0.3) is 22.5 Å². The van der Waals surface area contributed by atoms with Crippen molar-refractivity contribution < 1.29 is 8.94 Å². The van der Waals surface area contributed by atoms with Crippen LogP contribution in [0.15, 0.2) is 51.4 Å². The molecule has 1 N–H and O–H groups in total. The lowest BCUT2D eigenvalue weighted by molar-refractivity contribution is 0.374. The Balaban J connectivity index is 1.15. The summed E-state index contributed by atoms with van der Waals surface area (Å²) in [6.07, 6.45) is 5.08. The van der Waals surface area contributed by atoms with Crippen LogP contribution in [0.1, 0.15) is 37.1 Å². The van der Waals surface area contributed by atoms with Crippen molar-refractivity contribution in [3.63, 3.8) is 0 Å². The highest BCUT2D eigenvalue weighted by molar-refractivity contribution is 6.30. The van der Waals surface area contributed by atoms with Crippen LogP contribution in [-0.4, -0.2) is 21.7 Å². The van der Waals surface area contributed by atoms with E-state index in [1.165, 1.54) is 0 Å². The molecule has 0 aliphatic rings. The van der Waals surface area contributed by atoms with Gasteiger partial charge in [-0.05, 0) is 55.7 Å². The zero-order chi connectivity index (χ0) is 20.1. The third kappa shape index (κ3) is 4.95. The maximum Gasteiger partial charge on any atom is 0.295 e. The molecule has 6 nitrogen and oxygen atoms in total. The number of benzene rings is 2. The van der Waals surface area contributed by atoms with E-state index in [1.807, 2.05) is 49.4 Å². The van der Waals surface area contributed by atoms with E-state index in [1.54, 1.807) is 0 Å². The Morgan fingerprint density at radius 2 is 1.79 bits per heavy atom. The van der Waals surface area contributed by atoms with Crippen molar-refractivity contribution in [3.8, 4) is 11.4 Å². The number of aromatic nitrogens is 3. The van der Waals surface area contributed by atoms with Crippen molar-refractivity contribution in [1.82, 2.24) is 15.1 Å². The van der Waals surface area contributed by atoms with Gasteiger partial charge in [0.2, 0.25) is 11.7 Å². The van der Waals surface area contributed by atoms with Gasteiger partial charge in [-0.1, -0.05) is 41.7 Å². The Hall–Kier alpha value is -2.86. The maximum absolute atomic E-state index is 5.91. The molecule has 2 aromatic heterocycles. The fourth-order valence-electron chi connectivity index (χ4n) is 3.19. The van der Waals surface area contributed by atoms with Crippen molar-refractivity contribution in [2.24, 2.45) is 0 Å². The highest BCUT2D eigenvalue weighted by Crippen LogP contribution is 2.22. The van der Waals surface area contributed by atoms with Crippen LogP contribution < -0.4 is 5.32 Å². The van der Waals surface area contributed by atoms with Gasteiger partial charge in [-0.3, -0.25) is 0 Å². The Kier molecular flexibility index (Phi) is 6.10. The quantitative estimate of drug-likeness (QED) is 0.338. The van der Waals surface area contributed by atoms with Gasteiger partial charge >= 0.3 is 0 Å². The molecule has 29 heavy (non-hydrogen) atoms. The monoisotopic (exact) mass is 410 g/mol. The zero-order valence-corrected chi connectivity index (χ0v) is 17.1. The van der Waals surface area contributed by atoms with Crippen molar-refractivity contribution >= 4 is 28.7 Å². The van der Waals surface area contributed by atoms with E-state index >= 15 is 0 Å². The first-order chi connectivity index (χ1) is 14.2. The van der Waals surface area contributed by atoms with Gasteiger partial charge < -0.3 is 14.3 Å². The first kappa shape index (κ1) is 19.5. The zero-order valence-electron chi connectivity index (χ0n) is 16.3. The number of aryl methyl sites for hydroxylation is 2. The summed E-state index contributed by atoms with van der Waals surface area (Å²) in [4.78, 5) is 8.92. The van der Waals surface area contributed by atoms with Gasteiger partial charge in [-0.2, -0.15) is 9.97 Å². The Bertz CT molecular complexity index is 1070. The van der Waals surface area contributed by atoms with Crippen LogP contribution in [0.5, 0.6) is 0 Å². The number of halogens is 1. The molecule has 0 saturated carbocycles. The lowest BCUT2D eigenvalue weighted by Gasteiger charge is -2.01. The van der Waals surface area contributed by atoms with Gasteiger partial charge in [0.05, 0.1) is 0 Å². The molecule has 0 aliphatic carbocycles. The molecule has 0 unspecified atom stereocenters. The summed E-state index contributed by atoms with van der Waals surface area (Å²) >= 11 is 5.91. The highest BCUT2D eigenvalue weighted by Gasteiger charge is 2.09. The van der Waals surface area contributed by atoms with E-state index in [4.69, 9.17) is 20.5 Å². The van der Waals surface area contributed by atoms with Crippen LogP contribution in [0.2, 0.25) is 5.02 Å². The number of nitrogens with one attached hydrogen (secondary N) is 1. The summed E-state index contributed by atoms with van der Waals surface area (Å²) in [6.45, 7) is 2.87. The van der Waals surface area contributed by atoms with Crippen molar-refractivity contribution in [2.45, 2.75) is 39.0 Å². The predicted octanol–water partition coefficient (Wildman–Crippen LogP) is 6.05. The Labute approximate surface area is 174 Å². The van der Waals surface area contributed by atoms with Crippen LogP contribution in [0, 0.1) is 6.92 Å². The average molecular weight is 411 g/mol. The first-order valence-electron chi connectivity index (χ1n) is 9.87. The van der Waals surface area contributed by atoms with Crippen LogP contribution in [0.3, 0.4) is 0 Å². The largest absolute Gasteiger partial charge is 0.423 e. The fourth-order valence-corrected chi connectivity index (χ4v) is 3.31. The van der Waals surface area contributed by atoms with Crippen molar-refractivity contribution in [3.05, 3.63) is 58.9 Å². The van der Waals surface area contributed by atoms with Crippen LogP contribution in [0.4, 0.5) is 6.01 Å². The van der Waals surface area contributed by atoms with Crippen molar-refractivity contribution in [1.29, 1.82) is 0 Å². The number of anilines is 1. The number of oxazole rings is 1. The molecule has 2 heterocycles. The molecule has 2 aromatic carbocycles. The van der Waals surface area contributed by atoms with E-state index in [0.717, 1.165) is 60.9 Å². The minimum atomic E-state index is 0.592. The number of unbranched alkanes of at least 4 members (excludes halogenated alkanes) is 3. The number of nitrogens with zero attached hydrogens (tertiary/aromatic N) is 3. The molecule has 0 fully saturated rings. The summed E-state index contributed by atoms with van der Waals surface area (Å²) in [5.74, 6) is 1.28. The van der Waals surface area contributed by atoms with E-state index < -0.39 is 0 Å². The first-order valence-corrected chi connectivity index (χ1v) is 10.3. The minimum Gasteiger partial charge on any atom is -0.423 e. The van der Waals surface area contributed by atoms with E-state index in [9.17, 15) is 0 Å².